The van der Waals surface area contributed by atoms with Crippen molar-refractivity contribution in [3.63, 3.8) is 0 Å². The van der Waals surface area contributed by atoms with E-state index in [-0.39, 0.29) is 15.6 Å². The van der Waals surface area contributed by atoms with Crippen LogP contribution < -0.4 is 5.32 Å². The molecule has 0 aliphatic carbocycles. The number of nitrogens with one attached hydrogen (secondary N) is 1. The van der Waals surface area contributed by atoms with Gasteiger partial charge in [-0.3, -0.25) is 4.79 Å². The van der Waals surface area contributed by atoms with E-state index in [2.05, 4.69) is 10.4 Å². The standard InChI is InChI=1S/C24H23FN4O5S2/c1-14-5-10-18(36(32,33)28(3)4)11-20(14)26-22(30)13-34-24(31)21-12-19-15(2)27-29(23(19)35-21)17-8-6-16(25)7-9-17/h5-12H,13H2,1-4H3,(H,26,30). The number of sulfonamides is 1. The highest BCUT2D eigenvalue weighted by atomic mass is 32.2. The van der Waals surface area contributed by atoms with Crippen molar-refractivity contribution in [2.24, 2.45) is 0 Å². The van der Waals surface area contributed by atoms with Gasteiger partial charge in [-0.25, -0.2) is 26.6 Å². The number of hydrogen-bond donors (Lipinski definition) is 1. The fourth-order valence-electron chi connectivity index (χ4n) is 3.40. The predicted octanol–water partition coefficient (Wildman–Crippen LogP) is 3.89. The Balaban J connectivity index is 1.47. The van der Waals surface area contributed by atoms with E-state index in [1.165, 1.54) is 38.4 Å². The highest BCUT2D eigenvalue weighted by Gasteiger charge is 2.21. The maximum atomic E-state index is 13.3. The van der Waals surface area contributed by atoms with Crippen LogP contribution in [0.4, 0.5) is 10.1 Å². The van der Waals surface area contributed by atoms with Crippen LogP contribution in [0.2, 0.25) is 0 Å². The number of esters is 1. The number of hydrogen-bond acceptors (Lipinski definition) is 7. The number of fused-ring (bicyclic) bond motifs is 1. The summed E-state index contributed by atoms with van der Waals surface area (Å²) in [6.45, 7) is 2.96. The molecule has 0 bridgehead atoms. The van der Waals surface area contributed by atoms with Gasteiger partial charge in [-0.1, -0.05) is 6.07 Å². The molecule has 4 aromatic rings. The zero-order chi connectivity index (χ0) is 26.2. The van der Waals surface area contributed by atoms with Crippen molar-refractivity contribution >= 4 is 49.1 Å². The summed E-state index contributed by atoms with van der Waals surface area (Å²) in [6.07, 6.45) is 0. The zero-order valence-corrected chi connectivity index (χ0v) is 21.5. The van der Waals surface area contributed by atoms with Gasteiger partial charge in [0.05, 0.1) is 16.3 Å². The maximum absolute atomic E-state index is 13.3. The van der Waals surface area contributed by atoms with Gasteiger partial charge in [0.25, 0.3) is 5.91 Å². The number of halogens is 1. The van der Waals surface area contributed by atoms with E-state index >= 15 is 0 Å². The minimum Gasteiger partial charge on any atom is -0.451 e. The molecular weight excluding hydrogens is 507 g/mol. The molecule has 9 nitrogen and oxygen atoms in total. The number of anilines is 1. The number of aryl methyl sites for hydroxylation is 2. The van der Waals surface area contributed by atoms with Crippen LogP contribution in [-0.4, -0.2) is 55.1 Å². The molecule has 36 heavy (non-hydrogen) atoms. The number of amides is 1. The Hall–Kier alpha value is -3.61. The molecule has 2 aromatic carbocycles. The Bertz CT molecular complexity index is 1570. The number of carbonyl (C=O) groups is 2. The summed E-state index contributed by atoms with van der Waals surface area (Å²) in [5, 5.41) is 7.80. The monoisotopic (exact) mass is 530 g/mol. The van der Waals surface area contributed by atoms with E-state index in [9.17, 15) is 22.4 Å². The van der Waals surface area contributed by atoms with Crippen LogP contribution in [0, 0.1) is 19.7 Å². The van der Waals surface area contributed by atoms with Gasteiger partial charge < -0.3 is 10.1 Å². The molecule has 0 radical (unpaired) electrons. The van der Waals surface area contributed by atoms with Gasteiger partial charge in [0.2, 0.25) is 10.0 Å². The van der Waals surface area contributed by atoms with Crippen LogP contribution in [0.15, 0.2) is 53.4 Å². The Morgan fingerprint density at radius 2 is 1.81 bits per heavy atom. The Morgan fingerprint density at radius 1 is 1.11 bits per heavy atom. The van der Waals surface area contributed by atoms with Crippen molar-refractivity contribution < 1.29 is 27.1 Å². The number of aromatic nitrogens is 2. The lowest BCUT2D eigenvalue weighted by Crippen LogP contribution is -2.23. The third kappa shape index (κ3) is 5.01. The lowest BCUT2D eigenvalue weighted by atomic mass is 10.2. The molecule has 1 N–H and O–H groups in total. The van der Waals surface area contributed by atoms with E-state index in [0.717, 1.165) is 21.0 Å². The molecule has 12 heteroatoms. The summed E-state index contributed by atoms with van der Waals surface area (Å²) < 4.78 is 45.9. The van der Waals surface area contributed by atoms with E-state index in [1.807, 2.05) is 0 Å². The SMILES string of the molecule is Cc1ccc(S(=O)(=O)N(C)C)cc1NC(=O)COC(=O)c1cc2c(C)nn(-c3ccc(F)cc3)c2s1. The molecule has 1 amide bonds. The van der Waals surface area contributed by atoms with Gasteiger partial charge in [0.1, 0.15) is 15.5 Å². The van der Waals surface area contributed by atoms with Crippen LogP contribution in [0.25, 0.3) is 15.9 Å². The van der Waals surface area contributed by atoms with Crippen molar-refractivity contribution in [1.82, 2.24) is 14.1 Å². The minimum atomic E-state index is -3.68. The molecule has 0 saturated carbocycles. The van der Waals surface area contributed by atoms with Crippen LogP contribution in [0.5, 0.6) is 0 Å². The van der Waals surface area contributed by atoms with Gasteiger partial charge in [0, 0.05) is 25.2 Å². The summed E-state index contributed by atoms with van der Waals surface area (Å²) in [7, 11) is -0.845. The summed E-state index contributed by atoms with van der Waals surface area (Å²) in [5.41, 5.74) is 2.28. The Kier molecular flexibility index (Phi) is 6.94. The molecule has 0 aliphatic rings. The van der Waals surface area contributed by atoms with Crippen LogP contribution >= 0.6 is 11.3 Å². The third-order valence-electron chi connectivity index (χ3n) is 5.41. The topological polar surface area (TPSA) is 111 Å². The third-order valence-corrected chi connectivity index (χ3v) is 8.31. The van der Waals surface area contributed by atoms with Crippen LogP contribution in [0.1, 0.15) is 20.9 Å². The van der Waals surface area contributed by atoms with Crippen molar-refractivity contribution in [3.8, 4) is 5.69 Å². The fourth-order valence-corrected chi connectivity index (χ4v) is 5.41. The molecule has 0 unspecified atom stereocenters. The first-order chi connectivity index (χ1) is 17.0. The first-order valence-electron chi connectivity index (χ1n) is 10.7. The summed E-state index contributed by atoms with van der Waals surface area (Å²) in [4.78, 5) is 26.1. The average Bonchev–Trinajstić information content (AvgIpc) is 3.40. The van der Waals surface area contributed by atoms with Gasteiger partial charge in [0.15, 0.2) is 6.61 Å². The highest BCUT2D eigenvalue weighted by Crippen LogP contribution is 2.31. The lowest BCUT2D eigenvalue weighted by Gasteiger charge is -2.14. The normalized spacial score (nSPS) is 11.7. The zero-order valence-electron chi connectivity index (χ0n) is 19.9. The van der Waals surface area contributed by atoms with Crippen LogP contribution in [-0.2, 0) is 19.6 Å². The molecule has 0 atom stereocenters. The second-order valence-corrected chi connectivity index (χ2v) is 11.4. The van der Waals surface area contributed by atoms with Gasteiger partial charge >= 0.3 is 5.97 Å². The molecule has 0 spiro atoms. The summed E-state index contributed by atoms with van der Waals surface area (Å²) in [5.74, 6) is -1.66. The number of carbonyl (C=O) groups excluding carboxylic acids is 2. The van der Waals surface area contributed by atoms with Gasteiger partial charge in [-0.2, -0.15) is 5.10 Å². The average molecular weight is 531 g/mol. The quantitative estimate of drug-likeness (QED) is 0.363. The highest BCUT2D eigenvalue weighted by molar-refractivity contribution is 7.89. The van der Waals surface area contributed by atoms with Crippen molar-refractivity contribution in [2.75, 3.05) is 26.0 Å². The molecule has 0 aliphatic heterocycles. The number of benzene rings is 2. The number of ether oxygens (including phenoxy) is 1. The lowest BCUT2D eigenvalue weighted by molar-refractivity contribution is -0.119. The smallest absolute Gasteiger partial charge is 0.348 e. The number of thiophene rings is 1. The largest absolute Gasteiger partial charge is 0.451 e. The van der Waals surface area contributed by atoms with Crippen molar-refractivity contribution in [3.05, 3.63) is 70.5 Å². The Morgan fingerprint density at radius 3 is 2.47 bits per heavy atom. The van der Waals surface area contributed by atoms with E-state index in [1.54, 1.807) is 42.8 Å². The van der Waals surface area contributed by atoms with Gasteiger partial charge in [-0.05, 0) is 61.9 Å². The predicted molar refractivity (Wildman–Crippen MR) is 135 cm³/mol. The first-order valence-corrected chi connectivity index (χ1v) is 13.0. The minimum absolute atomic E-state index is 0.0289. The summed E-state index contributed by atoms with van der Waals surface area (Å²) >= 11 is 1.15. The molecule has 0 saturated heterocycles. The Labute approximate surface area is 211 Å². The molecule has 2 aromatic heterocycles. The number of nitrogens with zero attached hydrogens (tertiary/aromatic N) is 3. The molecule has 4 rings (SSSR count). The second kappa shape index (κ2) is 9.80. The number of rotatable bonds is 7. The van der Waals surface area contributed by atoms with E-state index in [0.29, 0.717) is 27.5 Å². The van der Waals surface area contributed by atoms with Gasteiger partial charge in [-0.15, -0.1) is 11.3 Å². The second-order valence-electron chi connectivity index (χ2n) is 8.19. The van der Waals surface area contributed by atoms with E-state index in [4.69, 9.17) is 4.74 Å². The summed E-state index contributed by atoms with van der Waals surface area (Å²) in [6, 6.07) is 11.9. The van der Waals surface area contributed by atoms with E-state index < -0.39 is 28.5 Å². The van der Waals surface area contributed by atoms with Crippen molar-refractivity contribution in [2.45, 2.75) is 18.7 Å². The fraction of sp³-hybridized carbons (Fsp3) is 0.208. The van der Waals surface area contributed by atoms with Crippen molar-refractivity contribution in [1.29, 1.82) is 0 Å². The maximum Gasteiger partial charge on any atom is 0.348 e. The molecule has 0 fully saturated rings. The first kappa shape index (κ1) is 25.5. The molecule has 2 heterocycles. The molecular formula is C24H23FN4O5S2. The van der Waals surface area contributed by atoms with Crippen LogP contribution in [0.3, 0.4) is 0 Å². The molecule has 188 valence electrons.